The number of rotatable bonds is 6. The minimum Gasteiger partial charge on any atom is -0.477 e. The molecule has 5 nitrogen and oxygen atoms in total. The number of hydrogen-bond acceptors (Lipinski definition) is 2. The summed E-state index contributed by atoms with van der Waals surface area (Å²) >= 11 is 0. The number of carboxylic acids is 1. The Labute approximate surface area is 97.0 Å². The van der Waals surface area contributed by atoms with Crippen LogP contribution in [0.1, 0.15) is 27.2 Å². The number of carbonyl (C=O) groups is 2. The molecule has 0 saturated carbocycles. The topological polar surface area (TPSA) is 66.4 Å². The average Bonchev–Trinajstić information content (AvgIpc) is 2.12. The molecule has 0 atom stereocenters. The number of aliphatic carboxylic acids is 1. The van der Waals surface area contributed by atoms with Gasteiger partial charge in [0.1, 0.15) is 0 Å². The van der Waals surface area contributed by atoms with Crippen molar-refractivity contribution in [3.63, 3.8) is 0 Å². The number of hydrogen-bond donors (Lipinski definition) is 2. The third-order valence-electron chi connectivity index (χ3n) is 2.73. The van der Waals surface area contributed by atoms with Gasteiger partial charge in [0.15, 0.2) is 13.2 Å². The van der Waals surface area contributed by atoms with Crippen molar-refractivity contribution in [2.75, 3.05) is 27.3 Å². The van der Waals surface area contributed by atoms with Gasteiger partial charge in [-0.25, -0.2) is 4.79 Å². The van der Waals surface area contributed by atoms with Crippen LogP contribution in [0.25, 0.3) is 0 Å². The molecule has 0 aliphatic heterocycles. The Morgan fingerprint density at radius 3 is 2.19 bits per heavy atom. The van der Waals surface area contributed by atoms with Crippen molar-refractivity contribution in [1.29, 1.82) is 0 Å². The maximum atomic E-state index is 11.8. The molecule has 2 N–H and O–H groups in total. The first kappa shape index (κ1) is 14.9. The van der Waals surface area contributed by atoms with Crippen LogP contribution >= 0.6 is 0 Å². The van der Waals surface area contributed by atoms with Crippen molar-refractivity contribution in [1.82, 2.24) is 5.32 Å². The van der Waals surface area contributed by atoms with E-state index in [2.05, 4.69) is 5.32 Å². The van der Waals surface area contributed by atoms with Gasteiger partial charge in [0, 0.05) is 5.41 Å². The maximum Gasteiger partial charge on any atom is 0.359 e. The monoisotopic (exact) mass is 231 g/mol. The molecule has 0 aromatic heterocycles. The van der Waals surface area contributed by atoms with E-state index in [1.165, 1.54) is 0 Å². The largest absolute Gasteiger partial charge is 0.477 e. The molecule has 0 radical (unpaired) electrons. The highest BCUT2D eigenvalue weighted by atomic mass is 16.4. The highest BCUT2D eigenvalue weighted by Gasteiger charge is 2.27. The molecule has 0 heterocycles. The van der Waals surface area contributed by atoms with Gasteiger partial charge in [-0.1, -0.05) is 20.8 Å². The van der Waals surface area contributed by atoms with Crippen LogP contribution in [0.3, 0.4) is 0 Å². The van der Waals surface area contributed by atoms with E-state index in [-0.39, 0.29) is 16.9 Å². The predicted molar refractivity (Wildman–Crippen MR) is 61.7 cm³/mol. The van der Waals surface area contributed by atoms with Gasteiger partial charge >= 0.3 is 5.97 Å². The summed E-state index contributed by atoms with van der Waals surface area (Å²) in [4.78, 5) is 22.3. The summed E-state index contributed by atoms with van der Waals surface area (Å²) in [6.07, 6.45) is 0.755. The number of nitrogens with zero attached hydrogens (tertiary/aromatic N) is 1. The summed E-state index contributed by atoms with van der Waals surface area (Å²) < 4.78 is 0.237. The summed E-state index contributed by atoms with van der Waals surface area (Å²) in [6.45, 7) is 6.03. The number of carboxylic acid groups (broad SMARTS) is 1. The van der Waals surface area contributed by atoms with Crippen molar-refractivity contribution < 1.29 is 19.2 Å². The standard InChI is InChI=1S/C11H22N2O3/c1-6-11(2,3)10(16)12-8-13(4,5)7-9(14)15/h6-8H2,1-5H3,(H-,12,14,15,16)/p+1. The Morgan fingerprint density at radius 2 is 1.81 bits per heavy atom. The predicted octanol–water partition coefficient (Wildman–Crippen LogP) is 0.657. The summed E-state index contributed by atoms with van der Waals surface area (Å²) in [5.74, 6) is -0.902. The van der Waals surface area contributed by atoms with Crippen molar-refractivity contribution in [3.8, 4) is 0 Å². The molecule has 0 fully saturated rings. The van der Waals surface area contributed by atoms with E-state index >= 15 is 0 Å². The molecule has 0 aliphatic rings. The molecule has 0 rings (SSSR count). The number of nitrogens with one attached hydrogen (secondary N) is 1. The minimum atomic E-state index is -0.867. The molecule has 1 amide bonds. The van der Waals surface area contributed by atoms with E-state index in [0.717, 1.165) is 6.42 Å². The molecule has 5 heteroatoms. The number of likely N-dealkylation sites (N-methyl/N-ethyl adjacent to an activating group) is 1. The number of amides is 1. The summed E-state index contributed by atoms with van der Waals surface area (Å²) in [5.41, 5.74) is -0.400. The van der Waals surface area contributed by atoms with Gasteiger partial charge in [-0.05, 0) is 6.42 Å². The second kappa shape index (κ2) is 5.30. The zero-order chi connectivity index (χ0) is 13.0. The van der Waals surface area contributed by atoms with Crippen LogP contribution in [0.4, 0.5) is 0 Å². The summed E-state index contributed by atoms with van der Waals surface area (Å²) in [5, 5.41) is 11.5. The smallest absolute Gasteiger partial charge is 0.359 e. The van der Waals surface area contributed by atoms with Gasteiger partial charge in [-0.15, -0.1) is 0 Å². The second-order valence-corrected chi connectivity index (χ2v) is 5.39. The van der Waals surface area contributed by atoms with E-state index in [1.54, 1.807) is 14.1 Å². The quantitative estimate of drug-likeness (QED) is 0.521. The lowest BCUT2D eigenvalue weighted by atomic mass is 9.89. The van der Waals surface area contributed by atoms with Crippen LogP contribution in [-0.4, -0.2) is 48.8 Å². The lowest BCUT2D eigenvalue weighted by Gasteiger charge is -2.30. The second-order valence-electron chi connectivity index (χ2n) is 5.39. The Balaban J connectivity index is 4.25. The van der Waals surface area contributed by atoms with E-state index in [1.807, 2.05) is 20.8 Å². The highest BCUT2D eigenvalue weighted by Crippen LogP contribution is 2.19. The van der Waals surface area contributed by atoms with Crippen molar-refractivity contribution >= 4 is 11.9 Å². The molecule has 0 aromatic rings. The van der Waals surface area contributed by atoms with Crippen molar-refractivity contribution in [3.05, 3.63) is 0 Å². The Morgan fingerprint density at radius 1 is 1.31 bits per heavy atom. The lowest BCUT2D eigenvalue weighted by Crippen LogP contribution is -2.52. The van der Waals surface area contributed by atoms with Gasteiger partial charge < -0.3 is 14.9 Å². The molecule has 0 bridgehead atoms. The van der Waals surface area contributed by atoms with E-state index in [9.17, 15) is 9.59 Å². The zero-order valence-electron chi connectivity index (χ0n) is 10.8. The first-order chi connectivity index (χ1) is 7.10. The average molecular weight is 231 g/mol. The molecular formula is C11H23N2O3+. The first-order valence-corrected chi connectivity index (χ1v) is 5.43. The maximum absolute atomic E-state index is 11.8. The fourth-order valence-electron chi connectivity index (χ4n) is 1.11. The molecule has 0 aliphatic carbocycles. The van der Waals surface area contributed by atoms with Gasteiger partial charge in [-0.2, -0.15) is 0 Å². The highest BCUT2D eigenvalue weighted by molar-refractivity contribution is 5.81. The molecule has 0 saturated heterocycles. The van der Waals surface area contributed by atoms with Crippen LogP contribution in [-0.2, 0) is 9.59 Å². The van der Waals surface area contributed by atoms with Crippen LogP contribution in [0.5, 0.6) is 0 Å². The Hall–Kier alpha value is -1.10. The van der Waals surface area contributed by atoms with Gasteiger partial charge in [-0.3, -0.25) is 4.79 Å². The number of carbonyl (C=O) groups excluding carboxylic acids is 1. The molecule has 0 spiro atoms. The molecule has 0 unspecified atom stereocenters. The Kier molecular flexibility index (Phi) is 4.93. The molecule has 94 valence electrons. The normalized spacial score (nSPS) is 12.3. The van der Waals surface area contributed by atoms with Gasteiger partial charge in [0.05, 0.1) is 14.1 Å². The fourth-order valence-corrected chi connectivity index (χ4v) is 1.11. The minimum absolute atomic E-state index is 0.00711. The summed E-state index contributed by atoms with van der Waals surface area (Å²) in [6, 6.07) is 0. The summed E-state index contributed by atoms with van der Waals surface area (Å²) in [7, 11) is 3.54. The third kappa shape index (κ3) is 5.11. The lowest BCUT2D eigenvalue weighted by molar-refractivity contribution is -0.884. The van der Waals surface area contributed by atoms with Crippen molar-refractivity contribution in [2.45, 2.75) is 27.2 Å². The van der Waals surface area contributed by atoms with Crippen LogP contribution in [0, 0.1) is 5.41 Å². The molecule has 0 aromatic carbocycles. The first-order valence-electron chi connectivity index (χ1n) is 5.43. The van der Waals surface area contributed by atoms with E-state index in [4.69, 9.17) is 5.11 Å². The van der Waals surface area contributed by atoms with Crippen molar-refractivity contribution in [2.24, 2.45) is 5.41 Å². The SMILES string of the molecule is CCC(C)(C)C(=O)NC[N+](C)(C)CC(=O)O. The van der Waals surface area contributed by atoms with Crippen LogP contribution in [0.15, 0.2) is 0 Å². The molecular weight excluding hydrogens is 208 g/mol. The van der Waals surface area contributed by atoms with Crippen LogP contribution < -0.4 is 5.32 Å². The van der Waals surface area contributed by atoms with E-state index in [0.29, 0.717) is 6.67 Å². The molecule has 16 heavy (non-hydrogen) atoms. The zero-order valence-corrected chi connectivity index (χ0v) is 10.8. The fraction of sp³-hybridized carbons (Fsp3) is 0.818. The van der Waals surface area contributed by atoms with E-state index < -0.39 is 11.4 Å². The van der Waals surface area contributed by atoms with Gasteiger partial charge in [0.25, 0.3) is 0 Å². The Bertz CT molecular complexity index is 272. The third-order valence-corrected chi connectivity index (χ3v) is 2.73. The number of quaternary nitrogens is 1. The van der Waals surface area contributed by atoms with Gasteiger partial charge in [0.2, 0.25) is 5.91 Å². The van der Waals surface area contributed by atoms with Crippen LogP contribution in [0.2, 0.25) is 0 Å².